The van der Waals surface area contributed by atoms with E-state index in [2.05, 4.69) is 5.32 Å². The molecule has 0 saturated carbocycles. The summed E-state index contributed by atoms with van der Waals surface area (Å²) in [5, 5.41) is 33.1. The van der Waals surface area contributed by atoms with Gasteiger partial charge >= 0.3 is 5.97 Å². The number of carboxylic acids is 1. The van der Waals surface area contributed by atoms with Crippen molar-refractivity contribution in [2.24, 2.45) is 0 Å². The van der Waals surface area contributed by atoms with Crippen molar-refractivity contribution in [2.75, 3.05) is 6.54 Å². The Bertz CT molecular complexity index is 807. The lowest BCUT2D eigenvalue weighted by molar-refractivity contribution is -0.377. The summed E-state index contributed by atoms with van der Waals surface area (Å²) < 4.78 is 0. The molecule has 0 amide bonds. The lowest BCUT2D eigenvalue weighted by Gasteiger charge is -2.20. The zero-order valence-electron chi connectivity index (χ0n) is 11.3. The largest absolute Gasteiger partial charge is 0.510 e. The van der Waals surface area contributed by atoms with E-state index < -0.39 is 22.6 Å². The maximum atomic E-state index is 11.3. The molecule has 8 nitrogen and oxygen atoms in total. The summed E-state index contributed by atoms with van der Waals surface area (Å²) in [6.07, 6.45) is -0.259. The molecule has 0 aromatic heterocycles. The number of hydrogen-bond donors (Lipinski definition) is 3. The molecule has 114 valence electrons. The molecule has 8 heteroatoms. The van der Waals surface area contributed by atoms with E-state index in [0.717, 1.165) is 0 Å². The third-order valence-electron chi connectivity index (χ3n) is 3.26. The van der Waals surface area contributed by atoms with E-state index in [1.54, 1.807) is 12.1 Å². The Kier molecular flexibility index (Phi) is 4.36. The molecular formula is C14H12N2O6. The monoisotopic (exact) mass is 304 g/mol. The summed E-state index contributed by atoms with van der Waals surface area (Å²) in [5.74, 6) is 0.148. The summed E-state index contributed by atoms with van der Waals surface area (Å²) in [4.78, 5) is 32.3. The second-order valence-corrected chi connectivity index (χ2v) is 4.58. The van der Waals surface area contributed by atoms with Crippen molar-refractivity contribution in [1.82, 2.24) is 5.32 Å². The summed E-state index contributed by atoms with van der Waals surface area (Å²) >= 11 is 0. The predicted molar refractivity (Wildman–Crippen MR) is 75.4 cm³/mol. The SMILES string of the molecule is O=C=C1C([N+](=O)[O-])=c2ccccc2=C(O)C1NCCC(=O)O. The van der Waals surface area contributed by atoms with Crippen LogP contribution >= 0.6 is 0 Å². The molecule has 1 aromatic carbocycles. The van der Waals surface area contributed by atoms with Crippen LogP contribution in [0.15, 0.2) is 29.8 Å². The molecule has 3 N–H and O–H groups in total. The van der Waals surface area contributed by atoms with Gasteiger partial charge in [-0.3, -0.25) is 14.9 Å². The minimum absolute atomic E-state index is 0.0671. The van der Waals surface area contributed by atoms with Crippen molar-refractivity contribution < 1.29 is 24.7 Å². The van der Waals surface area contributed by atoms with E-state index in [-0.39, 0.29) is 34.7 Å². The molecule has 0 bridgehead atoms. The smallest absolute Gasteiger partial charge is 0.304 e. The molecule has 1 unspecified atom stereocenters. The van der Waals surface area contributed by atoms with Gasteiger partial charge in [-0.15, -0.1) is 0 Å². The van der Waals surface area contributed by atoms with Gasteiger partial charge in [-0.1, -0.05) is 18.2 Å². The van der Waals surface area contributed by atoms with Crippen molar-refractivity contribution in [3.63, 3.8) is 0 Å². The minimum Gasteiger partial charge on any atom is -0.510 e. The van der Waals surface area contributed by atoms with Gasteiger partial charge < -0.3 is 15.5 Å². The highest BCUT2D eigenvalue weighted by molar-refractivity contribution is 5.82. The molecule has 2 rings (SSSR count). The van der Waals surface area contributed by atoms with Gasteiger partial charge in [-0.2, -0.15) is 0 Å². The highest BCUT2D eigenvalue weighted by Gasteiger charge is 2.35. The minimum atomic E-state index is -1.16. The highest BCUT2D eigenvalue weighted by Crippen LogP contribution is 2.19. The Labute approximate surface area is 123 Å². The van der Waals surface area contributed by atoms with Crippen LogP contribution in [-0.4, -0.2) is 39.6 Å². The van der Waals surface area contributed by atoms with Crippen molar-refractivity contribution in [2.45, 2.75) is 12.5 Å². The molecule has 1 aromatic rings. The van der Waals surface area contributed by atoms with Gasteiger partial charge in [-0.05, 0) is 6.07 Å². The molecular weight excluding hydrogens is 292 g/mol. The number of aliphatic carboxylic acids is 1. The Hall–Kier alpha value is -2.96. The number of benzene rings is 1. The molecule has 22 heavy (non-hydrogen) atoms. The Balaban J connectivity index is 2.61. The average Bonchev–Trinajstić information content (AvgIpc) is 2.48. The van der Waals surface area contributed by atoms with Crippen molar-refractivity contribution in [1.29, 1.82) is 0 Å². The first kappa shape index (κ1) is 15.4. The van der Waals surface area contributed by atoms with Gasteiger partial charge in [0.2, 0.25) is 0 Å². The number of hydrogen-bond acceptors (Lipinski definition) is 6. The van der Waals surface area contributed by atoms with Crippen LogP contribution in [-0.2, 0) is 9.59 Å². The number of aliphatic hydroxyl groups is 1. The molecule has 0 heterocycles. The van der Waals surface area contributed by atoms with E-state index >= 15 is 0 Å². The highest BCUT2D eigenvalue weighted by atomic mass is 16.6. The zero-order chi connectivity index (χ0) is 16.3. The first-order valence-electron chi connectivity index (χ1n) is 6.34. The number of carbonyl (C=O) groups is 1. The van der Waals surface area contributed by atoms with Crippen LogP contribution in [0.1, 0.15) is 6.42 Å². The lowest BCUT2D eigenvalue weighted by atomic mass is 9.94. The van der Waals surface area contributed by atoms with Crippen LogP contribution in [0, 0.1) is 10.1 Å². The molecule has 0 spiro atoms. The van der Waals surface area contributed by atoms with Crippen LogP contribution < -0.4 is 15.8 Å². The van der Waals surface area contributed by atoms with Gasteiger partial charge in [0.1, 0.15) is 23.3 Å². The summed E-state index contributed by atoms with van der Waals surface area (Å²) in [5.41, 5.74) is -0.803. The van der Waals surface area contributed by atoms with Crippen molar-refractivity contribution in [3.8, 4) is 0 Å². The molecule has 0 aliphatic heterocycles. The van der Waals surface area contributed by atoms with E-state index in [4.69, 9.17) is 5.11 Å². The van der Waals surface area contributed by atoms with Crippen molar-refractivity contribution in [3.05, 3.63) is 50.4 Å². The average molecular weight is 304 g/mol. The molecule has 0 saturated heterocycles. The Morgan fingerprint density at radius 1 is 1.36 bits per heavy atom. The molecule has 1 aliphatic rings. The Morgan fingerprint density at radius 3 is 2.55 bits per heavy atom. The van der Waals surface area contributed by atoms with Crippen LogP contribution in [0.5, 0.6) is 0 Å². The number of rotatable bonds is 5. The fraction of sp³-hybridized carbons (Fsp3) is 0.214. The van der Waals surface area contributed by atoms with Crippen LogP contribution in [0.3, 0.4) is 0 Å². The van der Waals surface area contributed by atoms with Gasteiger partial charge in [0.15, 0.2) is 0 Å². The van der Waals surface area contributed by atoms with Gasteiger partial charge in [0.05, 0.1) is 16.6 Å². The van der Waals surface area contributed by atoms with E-state index in [1.165, 1.54) is 18.1 Å². The van der Waals surface area contributed by atoms with Crippen LogP contribution in [0.2, 0.25) is 0 Å². The molecule has 0 fully saturated rings. The fourth-order valence-corrected chi connectivity index (χ4v) is 2.31. The number of nitrogens with zero attached hydrogens (tertiary/aromatic N) is 1. The zero-order valence-corrected chi connectivity index (χ0v) is 11.3. The topological polar surface area (TPSA) is 130 Å². The number of nitrogens with one attached hydrogen (secondary N) is 1. The van der Waals surface area contributed by atoms with E-state index in [1.807, 2.05) is 0 Å². The van der Waals surface area contributed by atoms with Crippen LogP contribution in [0.25, 0.3) is 11.5 Å². The third kappa shape index (κ3) is 2.73. The number of carboxylic acid groups (broad SMARTS) is 1. The predicted octanol–water partition coefficient (Wildman–Crippen LogP) is -1.06. The summed E-state index contributed by atoms with van der Waals surface area (Å²) in [6, 6.07) is 4.90. The number of carbonyl (C=O) groups excluding carboxylic acids is 1. The maximum Gasteiger partial charge on any atom is 0.304 e. The quantitative estimate of drug-likeness (QED) is 0.359. The fourth-order valence-electron chi connectivity index (χ4n) is 2.31. The van der Waals surface area contributed by atoms with Crippen molar-refractivity contribution >= 4 is 23.4 Å². The van der Waals surface area contributed by atoms with Gasteiger partial charge in [0, 0.05) is 11.8 Å². The summed E-state index contributed by atoms with van der Waals surface area (Å²) in [7, 11) is 0. The Morgan fingerprint density at radius 2 is 2.00 bits per heavy atom. The first-order chi connectivity index (χ1) is 10.5. The molecule has 1 atom stereocenters. The summed E-state index contributed by atoms with van der Waals surface area (Å²) in [6.45, 7) is -0.0671. The number of aliphatic hydroxyl groups excluding tert-OH is 1. The second-order valence-electron chi connectivity index (χ2n) is 4.58. The number of fused-ring (bicyclic) bond motifs is 1. The van der Waals surface area contributed by atoms with E-state index in [9.17, 15) is 24.8 Å². The third-order valence-corrected chi connectivity index (χ3v) is 3.26. The molecule has 1 aliphatic carbocycles. The second kappa shape index (κ2) is 6.21. The standard InChI is InChI=1S/C14H12N2O6/c17-7-10-12(15-6-5-11(18)19)14(20)9-4-2-1-3-8(9)13(10)16(21)22/h1-4,12,15,20H,5-6H2,(H,18,19). The number of nitro groups is 1. The van der Waals surface area contributed by atoms with Crippen LogP contribution in [0.4, 0.5) is 0 Å². The lowest BCUT2D eigenvalue weighted by Crippen LogP contribution is -2.46. The van der Waals surface area contributed by atoms with Gasteiger partial charge in [-0.25, -0.2) is 4.79 Å². The van der Waals surface area contributed by atoms with E-state index in [0.29, 0.717) is 0 Å². The maximum absolute atomic E-state index is 11.3. The van der Waals surface area contributed by atoms with Gasteiger partial charge in [0.25, 0.3) is 5.70 Å². The normalized spacial score (nSPS) is 16.9. The molecule has 0 radical (unpaired) electrons. The first-order valence-corrected chi connectivity index (χ1v) is 6.34.